The van der Waals surface area contributed by atoms with E-state index in [9.17, 15) is 14.4 Å². The number of anilines is 1. The summed E-state index contributed by atoms with van der Waals surface area (Å²) in [6, 6.07) is 22.4. The number of nitrogens with one attached hydrogen (secondary N) is 1. The molecule has 0 unspecified atom stereocenters. The van der Waals surface area contributed by atoms with E-state index in [2.05, 4.69) is 5.32 Å². The fraction of sp³-hybridized carbons (Fsp3) is 0.0690. The first kappa shape index (κ1) is 25.3. The molecule has 0 saturated carbocycles. The Morgan fingerprint density at radius 2 is 1.68 bits per heavy atom. The number of benzene rings is 4. The van der Waals surface area contributed by atoms with Crippen LogP contribution in [0.2, 0.25) is 10.0 Å². The Bertz CT molecular complexity index is 1630. The van der Waals surface area contributed by atoms with E-state index in [0.717, 1.165) is 21.2 Å². The lowest BCUT2D eigenvalue weighted by Crippen LogP contribution is -2.54. The lowest BCUT2D eigenvalue weighted by Gasteiger charge is -2.26. The van der Waals surface area contributed by atoms with Gasteiger partial charge in [0.15, 0.2) is 11.5 Å². The Morgan fingerprint density at radius 3 is 2.47 bits per heavy atom. The Balaban J connectivity index is 1.45. The molecule has 190 valence electrons. The van der Waals surface area contributed by atoms with Crippen molar-refractivity contribution in [2.24, 2.45) is 0 Å². The molecule has 1 heterocycles. The van der Waals surface area contributed by atoms with Gasteiger partial charge in [-0.1, -0.05) is 71.7 Å². The lowest BCUT2D eigenvalue weighted by atomic mass is 10.1. The molecule has 9 heteroatoms. The van der Waals surface area contributed by atoms with Gasteiger partial charge in [0.25, 0.3) is 11.8 Å². The number of carbonyl (C=O) groups excluding carboxylic acids is 3. The van der Waals surface area contributed by atoms with Crippen molar-refractivity contribution in [2.75, 3.05) is 12.0 Å². The average Bonchev–Trinajstić information content (AvgIpc) is 2.90. The second kappa shape index (κ2) is 10.6. The molecule has 0 atom stereocenters. The van der Waals surface area contributed by atoms with E-state index in [0.29, 0.717) is 22.1 Å². The smallest absolute Gasteiger partial charge is 0.335 e. The summed E-state index contributed by atoms with van der Waals surface area (Å²) < 4.78 is 11.6. The molecule has 0 bridgehead atoms. The summed E-state index contributed by atoms with van der Waals surface area (Å²) in [4.78, 5) is 39.0. The zero-order chi connectivity index (χ0) is 26.8. The normalized spacial score (nSPS) is 14.7. The van der Waals surface area contributed by atoms with Crippen LogP contribution in [0.15, 0.2) is 84.4 Å². The first-order valence-electron chi connectivity index (χ1n) is 11.5. The predicted molar refractivity (Wildman–Crippen MR) is 147 cm³/mol. The number of carbonyl (C=O) groups is 3. The number of imide groups is 2. The van der Waals surface area contributed by atoms with Crippen LogP contribution in [0.3, 0.4) is 0 Å². The average molecular weight is 547 g/mol. The van der Waals surface area contributed by atoms with E-state index >= 15 is 0 Å². The molecule has 0 spiro atoms. The highest BCUT2D eigenvalue weighted by Crippen LogP contribution is 2.38. The number of amides is 4. The van der Waals surface area contributed by atoms with E-state index in [1.54, 1.807) is 30.3 Å². The maximum atomic E-state index is 13.2. The summed E-state index contributed by atoms with van der Waals surface area (Å²) in [6.07, 6.45) is 1.34. The minimum absolute atomic E-state index is 0.225. The van der Waals surface area contributed by atoms with Crippen LogP contribution in [0.4, 0.5) is 10.5 Å². The summed E-state index contributed by atoms with van der Waals surface area (Å²) in [6.45, 7) is 0.246. The molecule has 1 N–H and O–H groups in total. The summed E-state index contributed by atoms with van der Waals surface area (Å²) >= 11 is 12.6. The number of hydrogen-bond donors (Lipinski definition) is 1. The highest BCUT2D eigenvalue weighted by molar-refractivity contribution is 6.39. The van der Waals surface area contributed by atoms with Gasteiger partial charge in [0.1, 0.15) is 12.2 Å². The van der Waals surface area contributed by atoms with Crippen LogP contribution in [0.1, 0.15) is 11.1 Å². The lowest BCUT2D eigenvalue weighted by molar-refractivity contribution is -0.122. The molecular formula is C29H20Cl2N2O5. The number of barbiturate groups is 1. The summed E-state index contributed by atoms with van der Waals surface area (Å²) in [5, 5.41) is 4.90. The van der Waals surface area contributed by atoms with Crippen LogP contribution in [0, 0.1) is 0 Å². The second-order valence-corrected chi connectivity index (χ2v) is 9.24. The molecule has 4 aromatic rings. The van der Waals surface area contributed by atoms with E-state index in [1.165, 1.54) is 19.3 Å². The van der Waals surface area contributed by atoms with Crippen molar-refractivity contribution in [1.82, 2.24) is 5.32 Å². The van der Waals surface area contributed by atoms with Gasteiger partial charge < -0.3 is 9.47 Å². The van der Waals surface area contributed by atoms with E-state index in [4.69, 9.17) is 32.7 Å². The van der Waals surface area contributed by atoms with Crippen molar-refractivity contribution in [1.29, 1.82) is 0 Å². The van der Waals surface area contributed by atoms with Gasteiger partial charge in [0.2, 0.25) is 0 Å². The molecule has 1 fully saturated rings. The Hall–Kier alpha value is -4.33. The molecule has 4 amide bonds. The zero-order valence-corrected chi connectivity index (χ0v) is 21.5. The topological polar surface area (TPSA) is 84.9 Å². The van der Waals surface area contributed by atoms with Crippen molar-refractivity contribution < 1.29 is 23.9 Å². The summed E-state index contributed by atoms with van der Waals surface area (Å²) in [5.41, 5.74) is 1.35. The number of fused-ring (bicyclic) bond motifs is 1. The van der Waals surface area contributed by atoms with E-state index in [1.807, 2.05) is 42.5 Å². The minimum atomic E-state index is -0.868. The van der Waals surface area contributed by atoms with Crippen LogP contribution in [0.5, 0.6) is 11.5 Å². The molecule has 0 aliphatic carbocycles. The third kappa shape index (κ3) is 4.94. The molecular weight excluding hydrogens is 527 g/mol. The van der Waals surface area contributed by atoms with E-state index < -0.39 is 17.8 Å². The highest BCUT2D eigenvalue weighted by atomic mass is 35.5. The maximum Gasteiger partial charge on any atom is 0.335 e. The molecule has 0 radical (unpaired) electrons. The number of ether oxygens (including phenoxy) is 2. The zero-order valence-electron chi connectivity index (χ0n) is 20.0. The number of halogens is 2. The summed E-state index contributed by atoms with van der Waals surface area (Å²) in [5.74, 6) is -0.993. The molecule has 1 aliphatic rings. The summed E-state index contributed by atoms with van der Waals surface area (Å²) in [7, 11) is 1.46. The van der Waals surface area contributed by atoms with Crippen LogP contribution in [-0.4, -0.2) is 25.0 Å². The van der Waals surface area contributed by atoms with Crippen molar-refractivity contribution in [2.45, 2.75) is 6.61 Å². The quantitative estimate of drug-likeness (QED) is 0.223. The second-order valence-electron chi connectivity index (χ2n) is 8.40. The first-order chi connectivity index (χ1) is 18.4. The molecule has 38 heavy (non-hydrogen) atoms. The minimum Gasteiger partial charge on any atom is -0.493 e. The maximum absolute atomic E-state index is 13.2. The third-order valence-electron chi connectivity index (χ3n) is 5.98. The third-order valence-corrected chi connectivity index (χ3v) is 6.50. The number of methoxy groups -OCH3 is 1. The monoisotopic (exact) mass is 546 g/mol. The van der Waals surface area contributed by atoms with Gasteiger partial charge in [-0.05, 0) is 58.3 Å². The van der Waals surface area contributed by atoms with Crippen molar-refractivity contribution in [3.05, 3.63) is 106 Å². The van der Waals surface area contributed by atoms with Gasteiger partial charge in [-0.25, -0.2) is 9.69 Å². The SMILES string of the molecule is COc1cc(/C=C2\C(=O)NC(=O)N(c3cccc(Cl)c3)C2=O)cc(Cl)c1OCc1cccc2ccccc12. The van der Waals surface area contributed by atoms with Gasteiger partial charge >= 0.3 is 6.03 Å². The van der Waals surface area contributed by atoms with Gasteiger partial charge in [-0.2, -0.15) is 0 Å². The van der Waals surface area contributed by atoms with Crippen LogP contribution >= 0.6 is 23.2 Å². The van der Waals surface area contributed by atoms with Crippen molar-refractivity contribution >= 4 is 63.6 Å². The molecule has 4 aromatic carbocycles. The molecule has 0 aromatic heterocycles. The number of nitrogens with zero attached hydrogens (tertiary/aromatic N) is 1. The predicted octanol–water partition coefficient (Wildman–Crippen LogP) is 6.40. The van der Waals surface area contributed by atoms with Crippen LogP contribution < -0.4 is 19.7 Å². The molecule has 7 nitrogen and oxygen atoms in total. The van der Waals surface area contributed by atoms with Gasteiger partial charge in [-0.3, -0.25) is 14.9 Å². The molecule has 5 rings (SSSR count). The van der Waals surface area contributed by atoms with Gasteiger partial charge in [0, 0.05) is 5.02 Å². The van der Waals surface area contributed by atoms with Gasteiger partial charge in [-0.15, -0.1) is 0 Å². The standard InChI is InChI=1S/C29H20Cl2N2O5/c1-37-25-14-17(12-23-27(34)32-29(36)33(28(23)35)21-10-5-9-20(30)15-21)13-24(31)26(25)38-16-19-8-4-7-18-6-2-3-11-22(18)19/h2-15H,16H2,1H3,(H,32,34,36)/b23-12+. The van der Waals surface area contributed by atoms with Crippen molar-refractivity contribution in [3.63, 3.8) is 0 Å². The Morgan fingerprint density at radius 1 is 0.921 bits per heavy atom. The number of rotatable bonds is 6. The van der Waals surface area contributed by atoms with Crippen LogP contribution in [0.25, 0.3) is 16.8 Å². The van der Waals surface area contributed by atoms with Crippen LogP contribution in [-0.2, 0) is 16.2 Å². The molecule has 1 aliphatic heterocycles. The number of hydrogen-bond acceptors (Lipinski definition) is 5. The largest absolute Gasteiger partial charge is 0.493 e. The van der Waals surface area contributed by atoms with Crippen molar-refractivity contribution in [3.8, 4) is 11.5 Å². The number of urea groups is 1. The Labute approximate surface area is 228 Å². The Kier molecular flexibility index (Phi) is 7.05. The first-order valence-corrected chi connectivity index (χ1v) is 12.3. The van der Waals surface area contributed by atoms with E-state index in [-0.39, 0.29) is 22.9 Å². The fourth-order valence-corrected chi connectivity index (χ4v) is 4.66. The fourth-order valence-electron chi connectivity index (χ4n) is 4.21. The molecule has 1 saturated heterocycles. The highest BCUT2D eigenvalue weighted by Gasteiger charge is 2.37. The van der Waals surface area contributed by atoms with Gasteiger partial charge in [0.05, 0.1) is 17.8 Å².